The number of alkyl halides is 1. The van der Waals surface area contributed by atoms with Crippen molar-refractivity contribution < 1.29 is 29.3 Å². The molecule has 0 aromatic carbocycles. The molecule has 0 saturated heterocycles. The molecule has 0 heterocycles. The van der Waals surface area contributed by atoms with Crippen molar-refractivity contribution in [1.82, 2.24) is 0 Å². The number of ketones is 2. The van der Waals surface area contributed by atoms with E-state index in [1.807, 2.05) is 19.9 Å². The zero-order chi connectivity index (χ0) is 23.7. The van der Waals surface area contributed by atoms with E-state index >= 15 is 0 Å². The van der Waals surface area contributed by atoms with E-state index in [4.69, 9.17) is 4.74 Å². The van der Waals surface area contributed by atoms with Gasteiger partial charge in [0.05, 0.1) is 10.4 Å². The Balaban J connectivity index is 1.85. The summed E-state index contributed by atoms with van der Waals surface area (Å²) in [6, 6.07) is 0. The monoisotopic (exact) mass is 508 g/mol. The number of carbonyl (C=O) groups excluding carboxylic acids is 3. The highest BCUT2D eigenvalue weighted by atomic mass is 79.9. The molecule has 0 spiro atoms. The maximum atomic E-state index is 13.3. The molecule has 0 radical (unpaired) electrons. The minimum atomic E-state index is -1.47. The van der Waals surface area contributed by atoms with Crippen molar-refractivity contribution in [2.45, 2.75) is 75.8 Å². The molecule has 2 N–H and O–H groups in total. The van der Waals surface area contributed by atoms with Crippen molar-refractivity contribution in [3.8, 4) is 0 Å². The van der Waals surface area contributed by atoms with Crippen LogP contribution in [0.5, 0.6) is 0 Å². The number of hydrogen-bond acceptors (Lipinski definition) is 6. The van der Waals surface area contributed by atoms with Gasteiger partial charge in [-0.25, -0.2) is 0 Å². The molecule has 3 fully saturated rings. The summed E-state index contributed by atoms with van der Waals surface area (Å²) in [5.74, 6) is -1.30. The van der Waals surface area contributed by atoms with Gasteiger partial charge in [-0.1, -0.05) is 55.3 Å². The number of aliphatic hydroxyl groups excluding tert-OH is 2. The number of Topliss-reactive ketones (excluding diaryl/α,β-unsaturated/α-hetero) is 1. The van der Waals surface area contributed by atoms with E-state index < -0.39 is 45.2 Å². The number of fused-ring (bicyclic) bond motifs is 5. The smallest absolute Gasteiger partial charge is 0.306 e. The minimum Gasteiger partial charge on any atom is -0.450 e. The molecule has 4 rings (SSSR count). The Labute approximate surface area is 197 Å². The number of rotatable bonds is 4. The topological polar surface area (TPSA) is 101 Å². The van der Waals surface area contributed by atoms with Gasteiger partial charge in [0.2, 0.25) is 5.78 Å². The summed E-state index contributed by atoms with van der Waals surface area (Å²) >= 11 is 4.00. The standard InChI is InChI=1S/C25H33BrO6/c1-5-21(31)32-25(20(30)13-27)14(2)10-18-17-7-6-15-11-16(28)8-9-22(15,3)24(17,26)19(29)12-23(18,25)4/h8-9,11,14,17-19,27,29H,5-7,10,12-13H2,1-4H3/t14-,17-,18-,19-,22-,23-,24-,25-/m0/s1. The predicted octanol–water partition coefficient (Wildman–Crippen LogP) is 3.28. The second-order valence-corrected chi connectivity index (χ2v) is 11.9. The van der Waals surface area contributed by atoms with Crippen molar-refractivity contribution in [3.63, 3.8) is 0 Å². The molecule has 0 unspecified atom stereocenters. The lowest BCUT2D eigenvalue weighted by Gasteiger charge is -2.64. The van der Waals surface area contributed by atoms with E-state index in [0.29, 0.717) is 6.42 Å². The fraction of sp³-hybridized carbons (Fsp3) is 0.720. The van der Waals surface area contributed by atoms with E-state index in [9.17, 15) is 24.6 Å². The normalized spacial score (nSPS) is 47.2. The first-order chi connectivity index (χ1) is 14.9. The molecule has 6 nitrogen and oxygen atoms in total. The number of aliphatic hydroxyl groups is 2. The van der Waals surface area contributed by atoms with Crippen LogP contribution < -0.4 is 0 Å². The average Bonchev–Trinajstić information content (AvgIpc) is 2.96. The van der Waals surface area contributed by atoms with E-state index in [0.717, 1.165) is 18.4 Å². The highest BCUT2D eigenvalue weighted by molar-refractivity contribution is 9.10. The first-order valence-corrected chi connectivity index (χ1v) is 12.4. The van der Waals surface area contributed by atoms with Gasteiger partial charge < -0.3 is 14.9 Å². The minimum absolute atomic E-state index is 0.00704. The Hall–Kier alpha value is -1.31. The van der Waals surface area contributed by atoms with E-state index in [-0.39, 0.29) is 36.4 Å². The van der Waals surface area contributed by atoms with Crippen LogP contribution in [0.25, 0.3) is 0 Å². The Morgan fingerprint density at radius 1 is 1.28 bits per heavy atom. The van der Waals surface area contributed by atoms with Gasteiger partial charge in [-0.15, -0.1) is 0 Å². The summed E-state index contributed by atoms with van der Waals surface area (Å²) in [6.45, 7) is 6.90. The first kappa shape index (κ1) is 23.8. The first-order valence-electron chi connectivity index (χ1n) is 11.6. The maximum Gasteiger partial charge on any atom is 0.306 e. The second-order valence-electron chi connectivity index (χ2n) is 10.5. The summed E-state index contributed by atoms with van der Waals surface area (Å²) in [5.41, 5.74) is -1.81. The maximum absolute atomic E-state index is 13.3. The third-order valence-electron chi connectivity index (χ3n) is 9.30. The second kappa shape index (κ2) is 7.60. The summed E-state index contributed by atoms with van der Waals surface area (Å²) < 4.78 is 5.24. The molecule has 4 aliphatic carbocycles. The van der Waals surface area contributed by atoms with Crippen LogP contribution in [0.1, 0.15) is 59.8 Å². The van der Waals surface area contributed by atoms with Gasteiger partial charge >= 0.3 is 5.97 Å². The molecule has 32 heavy (non-hydrogen) atoms. The number of allylic oxidation sites excluding steroid dienone is 4. The highest BCUT2D eigenvalue weighted by Crippen LogP contribution is 2.72. The van der Waals surface area contributed by atoms with E-state index in [1.165, 1.54) is 0 Å². The lowest BCUT2D eigenvalue weighted by Crippen LogP contribution is -2.69. The Morgan fingerprint density at radius 2 is 1.97 bits per heavy atom. The van der Waals surface area contributed by atoms with E-state index in [1.54, 1.807) is 19.1 Å². The fourth-order valence-electron chi connectivity index (χ4n) is 7.77. The Morgan fingerprint density at radius 3 is 2.59 bits per heavy atom. The number of ether oxygens (including phenoxy) is 1. The van der Waals surface area contributed by atoms with Gasteiger partial charge in [-0.3, -0.25) is 14.4 Å². The van der Waals surface area contributed by atoms with Crippen LogP contribution in [0.3, 0.4) is 0 Å². The van der Waals surface area contributed by atoms with Crippen LogP contribution in [0.15, 0.2) is 23.8 Å². The van der Waals surface area contributed by atoms with E-state index in [2.05, 4.69) is 22.9 Å². The Bertz CT molecular complexity index is 925. The third kappa shape index (κ3) is 2.73. The molecule has 3 saturated carbocycles. The predicted molar refractivity (Wildman–Crippen MR) is 122 cm³/mol. The molecule has 0 aromatic heterocycles. The zero-order valence-corrected chi connectivity index (χ0v) is 20.8. The van der Waals surface area contributed by atoms with Crippen LogP contribution in [0.4, 0.5) is 0 Å². The summed E-state index contributed by atoms with van der Waals surface area (Å²) in [5, 5.41) is 21.6. The number of halogens is 1. The van der Waals surface area contributed by atoms with Crippen molar-refractivity contribution in [3.05, 3.63) is 23.8 Å². The molecule has 0 bridgehead atoms. The Kier molecular flexibility index (Phi) is 5.66. The molecule has 176 valence electrons. The van der Waals surface area contributed by atoms with Gasteiger partial charge in [-0.2, -0.15) is 0 Å². The quantitative estimate of drug-likeness (QED) is 0.446. The molecule has 0 amide bonds. The molecule has 0 aromatic rings. The highest BCUT2D eigenvalue weighted by Gasteiger charge is 2.76. The molecule has 0 aliphatic heterocycles. The summed E-state index contributed by atoms with van der Waals surface area (Å²) in [7, 11) is 0. The van der Waals surface area contributed by atoms with Crippen LogP contribution in [-0.2, 0) is 19.1 Å². The molecule has 8 atom stereocenters. The number of carbonyl (C=O) groups is 3. The van der Waals surface area contributed by atoms with Crippen molar-refractivity contribution in [1.29, 1.82) is 0 Å². The largest absolute Gasteiger partial charge is 0.450 e. The van der Waals surface area contributed by atoms with Crippen LogP contribution in [-0.4, -0.2) is 50.4 Å². The van der Waals surface area contributed by atoms with Crippen molar-refractivity contribution in [2.75, 3.05) is 6.61 Å². The fourth-order valence-corrected chi connectivity index (χ4v) is 8.86. The van der Waals surface area contributed by atoms with Gasteiger partial charge in [0.1, 0.15) is 6.61 Å². The lowest BCUT2D eigenvalue weighted by molar-refractivity contribution is -0.201. The van der Waals surface area contributed by atoms with Crippen molar-refractivity contribution in [2.24, 2.45) is 28.6 Å². The summed E-state index contributed by atoms with van der Waals surface area (Å²) in [4.78, 5) is 37.8. The van der Waals surface area contributed by atoms with Crippen molar-refractivity contribution >= 4 is 33.5 Å². The van der Waals surface area contributed by atoms with Crippen LogP contribution in [0.2, 0.25) is 0 Å². The molecule has 4 aliphatic rings. The van der Waals surface area contributed by atoms with Crippen LogP contribution in [0, 0.1) is 28.6 Å². The zero-order valence-electron chi connectivity index (χ0n) is 19.2. The third-order valence-corrected chi connectivity index (χ3v) is 11.2. The average molecular weight is 509 g/mol. The van der Waals surface area contributed by atoms with Gasteiger partial charge in [-0.05, 0) is 49.7 Å². The SMILES string of the molecule is CCC(=O)O[C@]1(C(=O)CO)[C@@H](C)C[C@H]2[C@@H]3CCC4=CC(=O)C=C[C@]4(C)[C@@]3(Br)[C@@H](O)C[C@@]21C. The molecule has 7 heteroatoms. The lowest BCUT2D eigenvalue weighted by atomic mass is 9.46. The van der Waals surface area contributed by atoms with Gasteiger partial charge in [0.25, 0.3) is 0 Å². The number of esters is 1. The molecular formula is C25H33BrO6. The molecular weight excluding hydrogens is 476 g/mol. The van der Waals surface area contributed by atoms with Gasteiger partial charge in [0.15, 0.2) is 11.4 Å². The van der Waals surface area contributed by atoms with Crippen LogP contribution >= 0.6 is 15.9 Å². The van der Waals surface area contributed by atoms with Gasteiger partial charge in [0, 0.05) is 23.2 Å². The number of hydrogen-bond donors (Lipinski definition) is 2. The summed E-state index contributed by atoms with van der Waals surface area (Å²) in [6.07, 6.45) is 6.86.